The molecule has 1 unspecified atom stereocenters. The highest BCUT2D eigenvalue weighted by atomic mass is 16.2. The van der Waals surface area contributed by atoms with Crippen molar-refractivity contribution in [1.82, 2.24) is 24.9 Å². The first kappa shape index (κ1) is 23.3. The van der Waals surface area contributed by atoms with Gasteiger partial charge in [-0.05, 0) is 70.8 Å². The topological polar surface area (TPSA) is 42.1 Å². The Kier molecular flexibility index (Phi) is 8.37. The molecule has 6 nitrogen and oxygen atoms in total. The molecule has 0 spiro atoms. The van der Waals surface area contributed by atoms with Crippen LogP contribution in [0.15, 0.2) is 23.9 Å². The Morgan fingerprint density at radius 2 is 1.73 bits per heavy atom. The summed E-state index contributed by atoms with van der Waals surface area (Å²) in [5.41, 5.74) is 0.716. The summed E-state index contributed by atoms with van der Waals surface area (Å²) in [6.45, 7) is 16.6. The first-order valence-electron chi connectivity index (χ1n) is 12.0. The van der Waals surface area contributed by atoms with Gasteiger partial charge in [-0.1, -0.05) is 19.9 Å². The van der Waals surface area contributed by atoms with Gasteiger partial charge in [-0.25, -0.2) is 0 Å². The summed E-state index contributed by atoms with van der Waals surface area (Å²) in [6.07, 6.45) is 10.0. The van der Waals surface area contributed by atoms with Gasteiger partial charge in [-0.3, -0.25) is 14.6 Å². The number of piperidine rings is 1. The standard InChI is InChI=1S/C24H43N5O/c1-19(2)18-26(5)24(30)22-8-6-9-23(25-22)29-13-7-12-28(16-17-29)21-10-14-27(15-11-21)20(3)4/h6,8-9,19-21,23,25H,7,10-18H2,1-5H3. The van der Waals surface area contributed by atoms with Crippen LogP contribution in [-0.4, -0.2) is 96.6 Å². The molecule has 170 valence electrons. The van der Waals surface area contributed by atoms with Crippen LogP contribution in [0.1, 0.15) is 47.0 Å². The van der Waals surface area contributed by atoms with Crippen LogP contribution in [0.5, 0.6) is 0 Å². The molecule has 0 aromatic carbocycles. The van der Waals surface area contributed by atoms with Gasteiger partial charge in [0.1, 0.15) is 5.70 Å². The van der Waals surface area contributed by atoms with E-state index in [1.807, 2.05) is 24.1 Å². The van der Waals surface area contributed by atoms with Crippen molar-refractivity contribution in [3.8, 4) is 0 Å². The summed E-state index contributed by atoms with van der Waals surface area (Å²) in [5, 5.41) is 3.50. The number of nitrogens with zero attached hydrogens (tertiary/aromatic N) is 4. The average Bonchev–Trinajstić information content (AvgIpc) is 2.99. The van der Waals surface area contributed by atoms with Gasteiger partial charge in [0, 0.05) is 45.3 Å². The van der Waals surface area contributed by atoms with E-state index in [9.17, 15) is 4.79 Å². The van der Waals surface area contributed by atoms with Crippen molar-refractivity contribution in [2.45, 2.75) is 65.2 Å². The molecule has 3 heterocycles. The number of amides is 1. The van der Waals surface area contributed by atoms with Gasteiger partial charge in [0.2, 0.25) is 0 Å². The van der Waals surface area contributed by atoms with Crippen LogP contribution in [0.25, 0.3) is 0 Å². The predicted molar refractivity (Wildman–Crippen MR) is 124 cm³/mol. The number of carbonyl (C=O) groups is 1. The van der Waals surface area contributed by atoms with Gasteiger partial charge in [0.25, 0.3) is 5.91 Å². The maximum Gasteiger partial charge on any atom is 0.269 e. The molecule has 0 aliphatic carbocycles. The van der Waals surface area contributed by atoms with Crippen molar-refractivity contribution in [1.29, 1.82) is 0 Å². The van der Waals surface area contributed by atoms with E-state index in [0.717, 1.165) is 32.2 Å². The van der Waals surface area contributed by atoms with Crippen LogP contribution >= 0.6 is 0 Å². The maximum absolute atomic E-state index is 12.8. The summed E-state index contributed by atoms with van der Waals surface area (Å²) in [5.74, 6) is 0.560. The zero-order valence-corrected chi connectivity index (χ0v) is 19.8. The molecule has 0 bridgehead atoms. The fraction of sp³-hybridized carbons (Fsp3) is 0.792. The first-order chi connectivity index (χ1) is 14.3. The van der Waals surface area contributed by atoms with Crippen molar-refractivity contribution in [3.63, 3.8) is 0 Å². The van der Waals surface area contributed by atoms with E-state index in [4.69, 9.17) is 0 Å². The van der Waals surface area contributed by atoms with Crippen LogP contribution in [0, 0.1) is 5.92 Å². The minimum atomic E-state index is 0.0893. The number of likely N-dealkylation sites (tertiary alicyclic amines) is 1. The minimum absolute atomic E-state index is 0.0893. The molecule has 0 aromatic rings. The van der Waals surface area contributed by atoms with E-state index < -0.39 is 0 Å². The Labute approximate surface area is 183 Å². The number of dihydropyridines is 1. The zero-order chi connectivity index (χ0) is 21.7. The third-order valence-corrected chi connectivity index (χ3v) is 6.78. The van der Waals surface area contributed by atoms with Gasteiger partial charge < -0.3 is 15.1 Å². The van der Waals surface area contributed by atoms with E-state index in [2.05, 4.69) is 53.8 Å². The Balaban J connectivity index is 1.50. The fourth-order valence-electron chi connectivity index (χ4n) is 5.06. The SMILES string of the molecule is CC(C)CN(C)C(=O)C1=CC=CC(N2CCCN(C3CCN(C(C)C)CC3)CC2)N1. The first-order valence-corrected chi connectivity index (χ1v) is 12.0. The molecule has 2 saturated heterocycles. The molecule has 2 fully saturated rings. The predicted octanol–water partition coefficient (Wildman–Crippen LogP) is 2.35. The number of nitrogens with one attached hydrogen (secondary N) is 1. The largest absolute Gasteiger partial charge is 0.362 e. The number of hydrogen-bond donors (Lipinski definition) is 1. The van der Waals surface area contributed by atoms with Crippen LogP contribution in [0.2, 0.25) is 0 Å². The van der Waals surface area contributed by atoms with Crippen LogP contribution < -0.4 is 5.32 Å². The lowest BCUT2D eigenvalue weighted by Gasteiger charge is -2.40. The van der Waals surface area contributed by atoms with E-state index in [1.165, 1.54) is 38.9 Å². The molecule has 1 amide bonds. The molecule has 3 rings (SSSR count). The molecule has 30 heavy (non-hydrogen) atoms. The van der Waals surface area contributed by atoms with Crippen molar-refractivity contribution >= 4 is 5.91 Å². The zero-order valence-electron chi connectivity index (χ0n) is 19.8. The smallest absolute Gasteiger partial charge is 0.269 e. The second-order valence-corrected chi connectivity index (χ2v) is 9.92. The molecule has 6 heteroatoms. The van der Waals surface area contributed by atoms with Crippen LogP contribution in [-0.2, 0) is 4.79 Å². The van der Waals surface area contributed by atoms with E-state index in [1.54, 1.807) is 0 Å². The van der Waals surface area contributed by atoms with Crippen molar-refractivity contribution in [3.05, 3.63) is 23.9 Å². The molecule has 3 aliphatic heterocycles. The van der Waals surface area contributed by atoms with Crippen molar-refractivity contribution in [2.24, 2.45) is 5.92 Å². The monoisotopic (exact) mass is 417 g/mol. The van der Waals surface area contributed by atoms with Crippen LogP contribution in [0.3, 0.4) is 0 Å². The maximum atomic E-state index is 12.8. The molecule has 1 atom stereocenters. The molecule has 1 N–H and O–H groups in total. The quantitative estimate of drug-likeness (QED) is 0.719. The highest BCUT2D eigenvalue weighted by Crippen LogP contribution is 2.21. The van der Waals surface area contributed by atoms with Crippen molar-refractivity contribution < 1.29 is 4.79 Å². The lowest BCUT2D eigenvalue weighted by atomic mass is 10.0. The minimum Gasteiger partial charge on any atom is -0.362 e. The average molecular weight is 418 g/mol. The Hall–Kier alpha value is -1.37. The molecular weight excluding hydrogens is 374 g/mol. The molecule has 3 aliphatic rings. The normalized spacial score (nSPS) is 25.3. The Bertz CT molecular complexity index is 621. The van der Waals surface area contributed by atoms with Gasteiger partial charge >= 0.3 is 0 Å². The number of likely N-dealkylation sites (N-methyl/N-ethyl adjacent to an activating group) is 1. The molecule has 0 saturated carbocycles. The fourth-order valence-corrected chi connectivity index (χ4v) is 5.06. The number of hydrogen-bond acceptors (Lipinski definition) is 5. The summed E-state index contributed by atoms with van der Waals surface area (Å²) >= 11 is 0. The summed E-state index contributed by atoms with van der Waals surface area (Å²) in [6, 6.07) is 1.40. The van der Waals surface area contributed by atoms with Crippen molar-refractivity contribution in [2.75, 3.05) is 52.9 Å². The van der Waals surface area contributed by atoms with Gasteiger partial charge in [0.15, 0.2) is 0 Å². The van der Waals surface area contributed by atoms with Gasteiger partial charge in [0.05, 0.1) is 6.17 Å². The number of carbonyl (C=O) groups excluding carboxylic acids is 1. The third-order valence-electron chi connectivity index (χ3n) is 6.78. The molecular formula is C24H43N5O. The third kappa shape index (κ3) is 6.08. The van der Waals surface area contributed by atoms with E-state index in [-0.39, 0.29) is 12.1 Å². The number of rotatable bonds is 6. The Morgan fingerprint density at radius 3 is 2.40 bits per heavy atom. The number of allylic oxidation sites excluding steroid dienone is 2. The molecule has 0 radical (unpaired) electrons. The van der Waals surface area contributed by atoms with Crippen LogP contribution in [0.4, 0.5) is 0 Å². The molecule has 0 aromatic heterocycles. The summed E-state index contributed by atoms with van der Waals surface area (Å²) in [4.78, 5) is 22.5. The summed E-state index contributed by atoms with van der Waals surface area (Å²) < 4.78 is 0. The lowest BCUT2D eigenvalue weighted by molar-refractivity contribution is -0.126. The highest BCUT2D eigenvalue weighted by Gasteiger charge is 2.29. The van der Waals surface area contributed by atoms with Gasteiger partial charge in [-0.2, -0.15) is 0 Å². The Morgan fingerprint density at radius 1 is 1.07 bits per heavy atom. The van der Waals surface area contributed by atoms with Gasteiger partial charge in [-0.15, -0.1) is 0 Å². The van der Waals surface area contributed by atoms with E-state index in [0.29, 0.717) is 17.7 Å². The second-order valence-electron chi connectivity index (χ2n) is 9.92. The summed E-state index contributed by atoms with van der Waals surface area (Å²) in [7, 11) is 1.90. The lowest BCUT2D eigenvalue weighted by Crippen LogP contribution is -2.50. The second kappa shape index (κ2) is 10.8. The highest BCUT2D eigenvalue weighted by molar-refractivity contribution is 5.93. The van der Waals surface area contributed by atoms with E-state index >= 15 is 0 Å².